The summed E-state index contributed by atoms with van der Waals surface area (Å²) in [7, 11) is 0. The van der Waals surface area contributed by atoms with Gasteiger partial charge in [0.15, 0.2) is 0 Å². The molecule has 0 aliphatic heterocycles. The number of aliphatic hydroxyl groups is 1. The number of benzene rings is 1. The lowest BCUT2D eigenvalue weighted by Gasteiger charge is -2.15. The molecule has 6 heteroatoms. The molecule has 0 aliphatic rings. The van der Waals surface area contributed by atoms with Crippen LogP contribution in [0.5, 0.6) is 0 Å². The van der Waals surface area contributed by atoms with Crippen LogP contribution in [-0.2, 0) is 16.2 Å². The summed E-state index contributed by atoms with van der Waals surface area (Å²) in [6.45, 7) is 3.08. The SMILES string of the molecule is C[C@H](N)C(=O)N[C@@H](C)C(=O)Nc1ccc(CO)cc1. The molecule has 6 nitrogen and oxygen atoms in total. The molecule has 0 fully saturated rings. The molecule has 5 N–H and O–H groups in total. The quantitative estimate of drug-likeness (QED) is 0.600. The molecule has 0 aromatic heterocycles. The molecule has 0 heterocycles. The van der Waals surface area contributed by atoms with Crippen molar-refractivity contribution in [3.8, 4) is 0 Å². The van der Waals surface area contributed by atoms with Crippen LogP contribution in [0, 0.1) is 0 Å². The number of carbonyl (C=O) groups is 2. The van der Waals surface area contributed by atoms with Gasteiger partial charge in [0, 0.05) is 5.69 Å². The first kappa shape index (κ1) is 15.1. The first-order chi connectivity index (χ1) is 8.93. The van der Waals surface area contributed by atoms with Crippen LogP contribution in [0.4, 0.5) is 5.69 Å². The Morgan fingerprint density at radius 2 is 1.79 bits per heavy atom. The molecule has 0 bridgehead atoms. The molecule has 0 aliphatic carbocycles. The van der Waals surface area contributed by atoms with Gasteiger partial charge in [0.1, 0.15) is 6.04 Å². The Bertz CT molecular complexity index is 443. The van der Waals surface area contributed by atoms with Crippen LogP contribution < -0.4 is 16.4 Å². The topological polar surface area (TPSA) is 104 Å². The highest BCUT2D eigenvalue weighted by atomic mass is 16.3. The number of hydrogen-bond acceptors (Lipinski definition) is 4. The van der Waals surface area contributed by atoms with Gasteiger partial charge in [-0.2, -0.15) is 0 Å². The van der Waals surface area contributed by atoms with Gasteiger partial charge in [0.05, 0.1) is 12.6 Å². The lowest BCUT2D eigenvalue weighted by atomic mass is 10.2. The standard InChI is InChI=1S/C13H19N3O3/c1-8(14)12(18)15-9(2)13(19)16-11-5-3-10(7-17)4-6-11/h3-6,8-9,17H,7,14H2,1-2H3,(H,15,18)(H,16,19)/t8-,9-/m0/s1. The van der Waals surface area contributed by atoms with Gasteiger partial charge >= 0.3 is 0 Å². The third kappa shape index (κ3) is 4.69. The van der Waals surface area contributed by atoms with Gasteiger partial charge in [-0.1, -0.05) is 12.1 Å². The number of carbonyl (C=O) groups excluding carboxylic acids is 2. The number of hydrogen-bond donors (Lipinski definition) is 4. The van der Waals surface area contributed by atoms with Crippen molar-refractivity contribution < 1.29 is 14.7 Å². The van der Waals surface area contributed by atoms with Gasteiger partial charge in [-0.15, -0.1) is 0 Å². The minimum atomic E-state index is -0.670. The Balaban J connectivity index is 2.55. The molecule has 1 aromatic rings. The lowest BCUT2D eigenvalue weighted by molar-refractivity contribution is -0.126. The van der Waals surface area contributed by atoms with E-state index in [4.69, 9.17) is 10.8 Å². The van der Waals surface area contributed by atoms with Crippen molar-refractivity contribution in [2.45, 2.75) is 32.5 Å². The maximum Gasteiger partial charge on any atom is 0.246 e. The Hall–Kier alpha value is -1.92. The van der Waals surface area contributed by atoms with E-state index in [-0.39, 0.29) is 18.4 Å². The van der Waals surface area contributed by atoms with E-state index >= 15 is 0 Å². The van der Waals surface area contributed by atoms with E-state index in [1.807, 2.05) is 0 Å². The summed E-state index contributed by atoms with van der Waals surface area (Å²) in [5.74, 6) is -0.705. The number of nitrogens with two attached hydrogens (primary N) is 1. The van der Waals surface area contributed by atoms with Gasteiger partial charge in [-0.05, 0) is 31.5 Å². The molecule has 0 unspecified atom stereocenters. The number of nitrogens with one attached hydrogen (secondary N) is 2. The molecular weight excluding hydrogens is 246 g/mol. The molecule has 0 radical (unpaired) electrons. The second-order valence-electron chi connectivity index (χ2n) is 4.36. The number of amides is 2. The highest BCUT2D eigenvalue weighted by Crippen LogP contribution is 2.09. The fourth-order valence-corrected chi connectivity index (χ4v) is 1.35. The van der Waals surface area contributed by atoms with Crippen LogP contribution in [-0.4, -0.2) is 29.0 Å². The summed E-state index contributed by atoms with van der Waals surface area (Å²) in [6.07, 6.45) is 0. The Labute approximate surface area is 112 Å². The zero-order chi connectivity index (χ0) is 14.4. The van der Waals surface area contributed by atoms with E-state index in [0.717, 1.165) is 5.56 Å². The molecule has 0 spiro atoms. The van der Waals surface area contributed by atoms with Crippen LogP contribution in [0.1, 0.15) is 19.4 Å². The van der Waals surface area contributed by atoms with E-state index in [2.05, 4.69) is 10.6 Å². The van der Waals surface area contributed by atoms with Crippen molar-refractivity contribution in [2.75, 3.05) is 5.32 Å². The van der Waals surface area contributed by atoms with E-state index in [9.17, 15) is 9.59 Å². The van der Waals surface area contributed by atoms with Crippen LogP contribution in [0.2, 0.25) is 0 Å². The van der Waals surface area contributed by atoms with E-state index in [1.54, 1.807) is 38.1 Å². The molecule has 1 aromatic carbocycles. The Kier molecular flexibility index (Phi) is 5.47. The molecule has 0 saturated carbocycles. The lowest BCUT2D eigenvalue weighted by Crippen LogP contribution is -2.47. The number of anilines is 1. The number of rotatable bonds is 5. The Morgan fingerprint density at radius 1 is 1.21 bits per heavy atom. The molecule has 104 valence electrons. The summed E-state index contributed by atoms with van der Waals surface area (Å²) >= 11 is 0. The highest BCUT2D eigenvalue weighted by Gasteiger charge is 2.17. The fourth-order valence-electron chi connectivity index (χ4n) is 1.35. The van der Waals surface area contributed by atoms with Crippen molar-refractivity contribution >= 4 is 17.5 Å². The molecule has 19 heavy (non-hydrogen) atoms. The maximum atomic E-state index is 11.8. The molecule has 0 saturated heterocycles. The normalized spacial score (nSPS) is 13.5. The van der Waals surface area contributed by atoms with E-state index < -0.39 is 12.1 Å². The average Bonchev–Trinajstić information content (AvgIpc) is 2.39. The summed E-state index contributed by atoms with van der Waals surface area (Å²) in [6, 6.07) is 5.46. The van der Waals surface area contributed by atoms with Crippen molar-refractivity contribution in [3.05, 3.63) is 29.8 Å². The first-order valence-electron chi connectivity index (χ1n) is 6.00. The van der Waals surface area contributed by atoms with E-state index in [0.29, 0.717) is 5.69 Å². The van der Waals surface area contributed by atoms with Crippen molar-refractivity contribution in [3.63, 3.8) is 0 Å². The van der Waals surface area contributed by atoms with Crippen LogP contribution >= 0.6 is 0 Å². The zero-order valence-corrected chi connectivity index (χ0v) is 11.0. The fraction of sp³-hybridized carbons (Fsp3) is 0.385. The largest absolute Gasteiger partial charge is 0.392 e. The minimum absolute atomic E-state index is 0.0466. The first-order valence-corrected chi connectivity index (χ1v) is 6.00. The second kappa shape index (κ2) is 6.86. The average molecular weight is 265 g/mol. The molecule has 1 rings (SSSR count). The number of aliphatic hydroxyl groups excluding tert-OH is 1. The van der Waals surface area contributed by atoms with Crippen molar-refractivity contribution in [2.24, 2.45) is 5.73 Å². The summed E-state index contributed by atoms with van der Waals surface area (Å²) in [4.78, 5) is 23.2. The van der Waals surface area contributed by atoms with Crippen molar-refractivity contribution in [1.29, 1.82) is 0 Å². The highest BCUT2D eigenvalue weighted by molar-refractivity contribution is 5.97. The Morgan fingerprint density at radius 3 is 2.26 bits per heavy atom. The van der Waals surface area contributed by atoms with Gasteiger partial charge in [0.25, 0.3) is 0 Å². The molecule has 2 amide bonds. The predicted octanol–water partition coefficient (Wildman–Crippen LogP) is -0.0307. The summed E-state index contributed by atoms with van der Waals surface area (Å²) in [5.41, 5.74) is 6.76. The van der Waals surface area contributed by atoms with Crippen LogP contribution in [0.15, 0.2) is 24.3 Å². The smallest absolute Gasteiger partial charge is 0.246 e. The van der Waals surface area contributed by atoms with Gasteiger partial charge in [-0.25, -0.2) is 0 Å². The summed E-state index contributed by atoms with van der Waals surface area (Å²) < 4.78 is 0. The zero-order valence-electron chi connectivity index (χ0n) is 11.0. The van der Waals surface area contributed by atoms with Gasteiger partial charge < -0.3 is 21.5 Å². The van der Waals surface area contributed by atoms with Crippen LogP contribution in [0.25, 0.3) is 0 Å². The maximum absolute atomic E-state index is 11.8. The monoisotopic (exact) mass is 265 g/mol. The third-order valence-electron chi connectivity index (χ3n) is 2.57. The summed E-state index contributed by atoms with van der Waals surface area (Å²) in [5, 5.41) is 14.1. The van der Waals surface area contributed by atoms with Gasteiger partial charge in [0.2, 0.25) is 11.8 Å². The van der Waals surface area contributed by atoms with Crippen molar-refractivity contribution in [1.82, 2.24) is 5.32 Å². The third-order valence-corrected chi connectivity index (χ3v) is 2.57. The molecule has 2 atom stereocenters. The minimum Gasteiger partial charge on any atom is -0.392 e. The van der Waals surface area contributed by atoms with Gasteiger partial charge in [-0.3, -0.25) is 9.59 Å². The van der Waals surface area contributed by atoms with E-state index in [1.165, 1.54) is 0 Å². The van der Waals surface area contributed by atoms with Crippen LogP contribution in [0.3, 0.4) is 0 Å². The predicted molar refractivity (Wildman–Crippen MR) is 72.2 cm³/mol. The second-order valence-corrected chi connectivity index (χ2v) is 4.36. The molecular formula is C13H19N3O3.